The molecule has 0 unspecified atom stereocenters. The smallest absolute Gasteiger partial charge is 0.0523 e. The Bertz CT molecular complexity index is 230. The molecule has 0 aromatic carbocycles. The van der Waals surface area contributed by atoms with Gasteiger partial charge < -0.3 is 9.88 Å². The molecule has 2 nitrogen and oxygen atoms in total. The quantitative estimate of drug-likeness (QED) is 0.653. The van der Waals surface area contributed by atoms with Gasteiger partial charge in [-0.1, -0.05) is 0 Å². The first-order chi connectivity index (χ1) is 4.97. The first-order valence-electron chi connectivity index (χ1n) is 3.87. The molecule has 0 saturated carbocycles. The van der Waals surface area contributed by atoms with Crippen molar-refractivity contribution in [1.82, 2.24) is 4.57 Å². The highest BCUT2D eigenvalue weighted by Gasteiger charge is 2.08. The molecule has 0 bridgehead atoms. The molecule has 0 fully saturated rings. The molecule has 0 spiro atoms. The molecular weight excluding hydrogens is 136 g/mol. The number of anilines is 1. The third-order valence-electron chi connectivity index (χ3n) is 1.35. The Morgan fingerprint density at radius 3 is 2.36 bits per heavy atom. The maximum atomic E-state index is 3.38. The zero-order chi connectivity index (χ0) is 8.48. The Morgan fingerprint density at radius 2 is 2.00 bits per heavy atom. The maximum Gasteiger partial charge on any atom is 0.0523 e. The number of aryl methyl sites for hydroxylation is 1. The minimum absolute atomic E-state index is 0.154. The molecule has 11 heavy (non-hydrogen) atoms. The summed E-state index contributed by atoms with van der Waals surface area (Å²) >= 11 is 0. The zero-order valence-electron chi connectivity index (χ0n) is 7.68. The maximum absolute atomic E-state index is 3.38. The van der Waals surface area contributed by atoms with Crippen molar-refractivity contribution in [2.45, 2.75) is 26.3 Å². The highest BCUT2D eigenvalue weighted by molar-refractivity contribution is 5.43. The van der Waals surface area contributed by atoms with E-state index < -0.39 is 0 Å². The first kappa shape index (κ1) is 8.18. The van der Waals surface area contributed by atoms with E-state index in [0.717, 1.165) is 0 Å². The molecule has 1 N–H and O–H groups in total. The van der Waals surface area contributed by atoms with Crippen molar-refractivity contribution in [1.29, 1.82) is 0 Å². The second-order valence-corrected chi connectivity index (χ2v) is 3.94. The van der Waals surface area contributed by atoms with E-state index >= 15 is 0 Å². The molecule has 0 aliphatic rings. The fraction of sp³-hybridized carbons (Fsp3) is 0.556. The number of hydrogen-bond acceptors (Lipinski definition) is 1. The summed E-state index contributed by atoms with van der Waals surface area (Å²) in [7, 11) is 2.02. The number of nitrogens with one attached hydrogen (secondary N) is 1. The average Bonchev–Trinajstić information content (AvgIpc) is 2.10. The summed E-state index contributed by atoms with van der Waals surface area (Å²) < 4.78 is 2.04. The van der Waals surface area contributed by atoms with Gasteiger partial charge in [0.15, 0.2) is 0 Å². The molecule has 0 radical (unpaired) electrons. The molecule has 2 heteroatoms. The Hall–Kier alpha value is -0.920. The van der Waals surface area contributed by atoms with E-state index in [9.17, 15) is 0 Å². The normalized spacial score (nSPS) is 11.6. The van der Waals surface area contributed by atoms with Crippen molar-refractivity contribution in [2.75, 3.05) is 5.32 Å². The van der Waals surface area contributed by atoms with Gasteiger partial charge in [-0.2, -0.15) is 0 Å². The van der Waals surface area contributed by atoms with E-state index in [1.807, 2.05) is 17.8 Å². The topological polar surface area (TPSA) is 17.0 Å². The van der Waals surface area contributed by atoms with Gasteiger partial charge in [0, 0.05) is 25.0 Å². The van der Waals surface area contributed by atoms with E-state index in [-0.39, 0.29) is 5.54 Å². The number of aromatic nitrogens is 1. The van der Waals surface area contributed by atoms with Gasteiger partial charge in [-0.25, -0.2) is 0 Å². The molecule has 0 aliphatic heterocycles. The molecule has 0 amide bonds. The van der Waals surface area contributed by atoms with Crippen LogP contribution in [0.2, 0.25) is 0 Å². The minimum atomic E-state index is 0.154. The third kappa shape index (κ3) is 2.66. The van der Waals surface area contributed by atoms with Crippen molar-refractivity contribution in [3.8, 4) is 0 Å². The Labute approximate surface area is 68.2 Å². The van der Waals surface area contributed by atoms with Crippen LogP contribution in [0.15, 0.2) is 18.5 Å². The number of nitrogens with zero attached hydrogens (tertiary/aromatic N) is 1. The molecule has 0 aliphatic carbocycles. The van der Waals surface area contributed by atoms with Gasteiger partial charge in [-0.05, 0) is 26.8 Å². The number of rotatable bonds is 1. The number of hydrogen-bond donors (Lipinski definition) is 1. The fourth-order valence-corrected chi connectivity index (χ4v) is 1.01. The lowest BCUT2D eigenvalue weighted by molar-refractivity contribution is 0.634. The van der Waals surface area contributed by atoms with Crippen LogP contribution in [-0.4, -0.2) is 10.1 Å². The monoisotopic (exact) mass is 152 g/mol. The molecule has 62 valence electrons. The van der Waals surface area contributed by atoms with Crippen molar-refractivity contribution in [3.05, 3.63) is 18.5 Å². The van der Waals surface area contributed by atoms with Gasteiger partial charge in [0.25, 0.3) is 0 Å². The minimum Gasteiger partial charge on any atom is -0.379 e. The van der Waals surface area contributed by atoms with Gasteiger partial charge in [0.2, 0.25) is 0 Å². The van der Waals surface area contributed by atoms with Crippen LogP contribution in [0.1, 0.15) is 20.8 Å². The molecule has 0 atom stereocenters. The summed E-state index contributed by atoms with van der Waals surface area (Å²) in [6.45, 7) is 6.46. The lowest BCUT2D eigenvalue weighted by atomic mass is 10.1. The molecule has 1 aromatic rings. The van der Waals surface area contributed by atoms with Crippen molar-refractivity contribution in [2.24, 2.45) is 7.05 Å². The molecular formula is C9H16N2. The lowest BCUT2D eigenvalue weighted by Gasteiger charge is -2.20. The Balaban J connectivity index is 2.65. The van der Waals surface area contributed by atoms with E-state index in [2.05, 4.69) is 38.4 Å². The highest BCUT2D eigenvalue weighted by atomic mass is 15.0. The lowest BCUT2D eigenvalue weighted by Crippen LogP contribution is -2.25. The summed E-state index contributed by atoms with van der Waals surface area (Å²) in [4.78, 5) is 0. The van der Waals surface area contributed by atoms with Crippen LogP contribution in [0.25, 0.3) is 0 Å². The predicted molar refractivity (Wildman–Crippen MR) is 48.8 cm³/mol. The summed E-state index contributed by atoms with van der Waals surface area (Å²) in [5.41, 5.74) is 1.33. The Kier molecular flexibility index (Phi) is 1.94. The van der Waals surface area contributed by atoms with E-state index in [1.165, 1.54) is 5.69 Å². The molecule has 1 heterocycles. The van der Waals surface area contributed by atoms with Crippen LogP contribution in [0.4, 0.5) is 5.69 Å². The van der Waals surface area contributed by atoms with Crippen LogP contribution in [0, 0.1) is 0 Å². The van der Waals surface area contributed by atoms with Crippen LogP contribution < -0.4 is 5.32 Å². The van der Waals surface area contributed by atoms with Crippen molar-refractivity contribution >= 4 is 5.69 Å². The Morgan fingerprint density at radius 1 is 1.36 bits per heavy atom. The van der Waals surface area contributed by atoms with Crippen LogP contribution in [0.3, 0.4) is 0 Å². The van der Waals surface area contributed by atoms with Gasteiger partial charge >= 0.3 is 0 Å². The fourth-order valence-electron chi connectivity index (χ4n) is 1.01. The summed E-state index contributed by atoms with van der Waals surface area (Å²) in [6.07, 6.45) is 4.11. The van der Waals surface area contributed by atoms with E-state index in [4.69, 9.17) is 0 Å². The molecule has 0 saturated heterocycles. The van der Waals surface area contributed by atoms with Crippen LogP contribution in [-0.2, 0) is 7.05 Å². The standard InChI is InChI=1S/C9H16N2/c1-9(2,3)10-8-5-6-11(4)7-8/h5-7,10H,1-4H3. The highest BCUT2D eigenvalue weighted by Crippen LogP contribution is 2.13. The van der Waals surface area contributed by atoms with E-state index in [1.54, 1.807) is 0 Å². The van der Waals surface area contributed by atoms with E-state index in [0.29, 0.717) is 0 Å². The van der Waals surface area contributed by atoms with Crippen molar-refractivity contribution < 1.29 is 0 Å². The van der Waals surface area contributed by atoms with Gasteiger partial charge in [-0.15, -0.1) is 0 Å². The summed E-state index contributed by atoms with van der Waals surface area (Å²) in [5, 5.41) is 3.38. The second-order valence-electron chi connectivity index (χ2n) is 3.94. The van der Waals surface area contributed by atoms with Gasteiger partial charge in [0.1, 0.15) is 0 Å². The first-order valence-corrected chi connectivity index (χ1v) is 3.87. The molecule has 1 aromatic heterocycles. The van der Waals surface area contributed by atoms with Crippen LogP contribution in [0.5, 0.6) is 0 Å². The van der Waals surface area contributed by atoms with Crippen molar-refractivity contribution in [3.63, 3.8) is 0 Å². The largest absolute Gasteiger partial charge is 0.379 e. The van der Waals surface area contributed by atoms with Gasteiger partial charge in [-0.3, -0.25) is 0 Å². The average molecular weight is 152 g/mol. The summed E-state index contributed by atoms with van der Waals surface area (Å²) in [6, 6.07) is 2.07. The predicted octanol–water partition coefficient (Wildman–Crippen LogP) is 2.24. The third-order valence-corrected chi connectivity index (χ3v) is 1.35. The molecule has 1 rings (SSSR count). The summed E-state index contributed by atoms with van der Waals surface area (Å²) in [5.74, 6) is 0. The SMILES string of the molecule is Cn1ccc(NC(C)(C)C)c1. The second kappa shape index (κ2) is 2.61. The van der Waals surface area contributed by atoms with Gasteiger partial charge in [0.05, 0.1) is 5.69 Å². The zero-order valence-corrected chi connectivity index (χ0v) is 7.68. The van der Waals surface area contributed by atoms with Crippen LogP contribution >= 0.6 is 0 Å².